The number of hydrogen-bond donors (Lipinski definition) is 0. The van der Waals surface area contributed by atoms with Crippen molar-refractivity contribution in [1.82, 2.24) is 15.0 Å². The minimum Gasteiger partial charge on any atom is -0.343 e. The lowest BCUT2D eigenvalue weighted by molar-refractivity contribution is -0.131. The second-order valence-corrected chi connectivity index (χ2v) is 5.82. The minimum atomic E-state index is 0.162. The highest BCUT2D eigenvalue weighted by molar-refractivity contribution is 7.13. The molecule has 0 bridgehead atoms. The van der Waals surface area contributed by atoms with Crippen LogP contribution in [0.15, 0.2) is 22.0 Å². The van der Waals surface area contributed by atoms with E-state index in [2.05, 4.69) is 24.0 Å². The summed E-state index contributed by atoms with van der Waals surface area (Å²) in [6.45, 7) is 5.80. The van der Waals surface area contributed by atoms with Gasteiger partial charge in [-0.25, -0.2) is 0 Å². The van der Waals surface area contributed by atoms with Crippen LogP contribution in [-0.2, 0) is 11.2 Å². The van der Waals surface area contributed by atoms with Crippen LogP contribution < -0.4 is 0 Å². The van der Waals surface area contributed by atoms with Gasteiger partial charge >= 0.3 is 0 Å². The van der Waals surface area contributed by atoms with Crippen LogP contribution in [0.2, 0.25) is 0 Å². The van der Waals surface area contributed by atoms with Crippen LogP contribution in [0.3, 0.4) is 0 Å². The minimum absolute atomic E-state index is 0.162. The number of nitrogens with zero attached hydrogens (tertiary/aromatic N) is 3. The fraction of sp³-hybridized carbons (Fsp3) is 0.533. The first-order chi connectivity index (χ1) is 10.2. The summed E-state index contributed by atoms with van der Waals surface area (Å²) in [5, 5.41) is 5.93. The van der Waals surface area contributed by atoms with E-state index in [1.165, 1.54) is 0 Å². The van der Waals surface area contributed by atoms with Crippen LogP contribution in [0.5, 0.6) is 0 Å². The molecule has 2 heterocycles. The second-order valence-electron chi connectivity index (χ2n) is 4.87. The van der Waals surface area contributed by atoms with Gasteiger partial charge in [0, 0.05) is 25.9 Å². The van der Waals surface area contributed by atoms with Crippen LogP contribution in [0.25, 0.3) is 10.7 Å². The Hall–Kier alpha value is -1.69. The molecule has 0 fully saturated rings. The summed E-state index contributed by atoms with van der Waals surface area (Å²) in [5.74, 6) is 1.29. The van der Waals surface area contributed by atoms with Crippen LogP contribution in [0.4, 0.5) is 0 Å². The summed E-state index contributed by atoms with van der Waals surface area (Å²) in [7, 11) is 0. The van der Waals surface area contributed by atoms with Crippen LogP contribution in [0.1, 0.15) is 39.0 Å². The maximum atomic E-state index is 12.2. The molecule has 2 aromatic heterocycles. The van der Waals surface area contributed by atoms with Gasteiger partial charge in [0.15, 0.2) is 0 Å². The Kier molecular flexibility index (Phi) is 5.92. The number of aromatic nitrogens is 2. The molecule has 0 aliphatic carbocycles. The Balaban J connectivity index is 1.89. The molecule has 6 heteroatoms. The van der Waals surface area contributed by atoms with Crippen molar-refractivity contribution in [2.45, 2.75) is 39.5 Å². The average molecular weight is 307 g/mol. The van der Waals surface area contributed by atoms with E-state index < -0.39 is 0 Å². The Labute approximate surface area is 129 Å². The molecule has 0 saturated heterocycles. The monoisotopic (exact) mass is 307 g/mol. The van der Waals surface area contributed by atoms with E-state index in [1.807, 2.05) is 22.4 Å². The predicted octanol–water partition coefficient (Wildman–Crippen LogP) is 3.38. The summed E-state index contributed by atoms with van der Waals surface area (Å²) in [4.78, 5) is 19.4. The standard InChI is InChI=1S/C15H21N3O2S/c1-3-9-18(10-4-2)14(19)8-7-13-16-15(17-20-13)12-6-5-11-21-12/h5-6,11H,3-4,7-10H2,1-2H3. The molecule has 0 aromatic carbocycles. The van der Waals surface area contributed by atoms with Gasteiger partial charge in [0.05, 0.1) is 4.88 Å². The molecule has 0 radical (unpaired) electrons. The molecule has 0 atom stereocenters. The first-order valence-corrected chi connectivity index (χ1v) is 8.26. The van der Waals surface area contributed by atoms with Crippen molar-refractivity contribution >= 4 is 17.2 Å². The fourth-order valence-electron chi connectivity index (χ4n) is 2.14. The Morgan fingerprint density at radius 2 is 2.10 bits per heavy atom. The third kappa shape index (κ3) is 4.39. The highest BCUT2D eigenvalue weighted by Gasteiger charge is 2.15. The molecule has 5 nitrogen and oxygen atoms in total. The second kappa shape index (κ2) is 7.93. The van der Waals surface area contributed by atoms with Crippen LogP contribution >= 0.6 is 11.3 Å². The van der Waals surface area contributed by atoms with Gasteiger partial charge in [0.1, 0.15) is 0 Å². The summed E-state index contributed by atoms with van der Waals surface area (Å²) >= 11 is 1.57. The van der Waals surface area contributed by atoms with E-state index in [9.17, 15) is 4.79 Å². The number of rotatable bonds is 8. The molecule has 1 amide bonds. The first-order valence-electron chi connectivity index (χ1n) is 7.38. The van der Waals surface area contributed by atoms with Crippen molar-refractivity contribution in [1.29, 1.82) is 0 Å². The normalized spacial score (nSPS) is 10.8. The maximum Gasteiger partial charge on any atom is 0.227 e. The Bertz CT molecular complexity index is 545. The van der Waals surface area contributed by atoms with Gasteiger partial charge in [-0.3, -0.25) is 4.79 Å². The molecule has 2 aromatic rings. The van der Waals surface area contributed by atoms with E-state index in [0.29, 0.717) is 24.6 Å². The summed E-state index contributed by atoms with van der Waals surface area (Å²) in [6, 6.07) is 3.90. The SMILES string of the molecule is CCCN(CCC)C(=O)CCc1nc(-c2cccs2)no1. The largest absolute Gasteiger partial charge is 0.343 e. The molecule has 0 aliphatic heterocycles. The molecular weight excluding hydrogens is 286 g/mol. The number of thiophene rings is 1. The lowest BCUT2D eigenvalue weighted by atomic mass is 10.2. The highest BCUT2D eigenvalue weighted by Crippen LogP contribution is 2.21. The summed E-state index contributed by atoms with van der Waals surface area (Å²) in [6.07, 6.45) is 2.89. The van der Waals surface area contributed by atoms with Crippen molar-refractivity contribution in [3.8, 4) is 10.7 Å². The number of amides is 1. The molecule has 0 spiro atoms. The maximum absolute atomic E-state index is 12.2. The van der Waals surface area contributed by atoms with Gasteiger partial charge in [0.25, 0.3) is 0 Å². The van der Waals surface area contributed by atoms with E-state index >= 15 is 0 Å². The van der Waals surface area contributed by atoms with E-state index in [4.69, 9.17) is 4.52 Å². The predicted molar refractivity (Wildman–Crippen MR) is 83.1 cm³/mol. The molecule has 21 heavy (non-hydrogen) atoms. The zero-order chi connectivity index (χ0) is 15.1. The molecule has 0 N–H and O–H groups in total. The van der Waals surface area contributed by atoms with Gasteiger partial charge in [-0.2, -0.15) is 4.98 Å². The quantitative estimate of drug-likeness (QED) is 0.750. The fourth-order valence-corrected chi connectivity index (χ4v) is 2.78. The van der Waals surface area contributed by atoms with E-state index in [0.717, 1.165) is 30.8 Å². The third-order valence-electron chi connectivity index (χ3n) is 3.10. The lowest BCUT2D eigenvalue weighted by Crippen LogP contribution is -2.32. The van der Waals surface area contributed by atoms with Gasteiger partial charge in [0.2, 0.25) is 17.6 Å². The molecule has 114 valence electrons. The third-order valence-corrected chi connectivity index (χ3v) is 3.97. The molecule has 0 aliphatic rings. The zero-order valence-corrected chi connectivity index (χ0v) is 13.4. The van der Waals surface area contributed by atoms with Crippen molar-refractivity contribution in [3.05, 3.63) is 23.4 Å². The Morgan fingerprint density at radius 3 is 2.71 bits per heavy atom. The number of aryl methyl sites for hydroxylation is 1. The molecule has 0 unspecified atom stereocenters. The lowest BCUT2D eigenvalue weighted by Gasteiger charge is -2.20. The van der Waals surface area contributed by atoms with E-state index in [-0.39, 0.29) is 5.91 Å². The van der Waals surface area contributed by atoms with E-state index in [1.54, 1.807) is 11.3 Å². The van der Waals surface area contributed by atoms with Crippen molar-refractivity contribution in [2.24, 2.45) is 0 Å². The van der Waals surface area contributed by atoms with Crippen molar-refractivity contribution < 1.29 is 9.32 Å². The number of hydrogen-bond acceptors (Lipinski definition) is 5. The van der Waals surface area contributed by atoms with Crippen molar-refractivity contribution in [2.75, 3.05) is 13.1 Å². The van der Waals surface area contributed by atoms with Crippen LogP contribution in [-0.4, -0.2) is 34.0 Å². The number of carbonyl (C=O) groups is 1. The highest BCUT2D eigenvalue weighted by atomic mass is 32.1. The van der Waals surface area contributed by atoms with Gasteiger partial charge < -0.3 is 9.42 Å². The van der Waals surface area contributed by atoms with Crippen molar-refractivity contribution in [3.63, 3.8) is 0 Å². The van der Waals surface area contributed by atoms with Crippen LogP contribution in [0, 0.1) is 0 Å². The van der Waals surface area contributed by atoms with Gasteiger partial charge in [-0.1, -0.05) is 25.1 Å². The Morgan fingerprint density at radius 1 is 1.33 bits per heavy atom. The molecule has 0 saturated carbocycles. The summed E-state index contributed by atoms with van der Waals surface area (Å²) in [5.41, 5.74) is 0. The zero-order valence-electron chi connectivity index (χ0n) is 12.5. The van der Waals surface area contributed by atoms with Gasteiger partial charge in [-0.15, -0.1) is 11.3 Å². The topological polar surface area (TPSA) is 59.2 Å². The molecular formula is C15H21N3O2S. The summed E-state index contributed by atoms with van der Waals surface area (Å²) < 4.78 is 5.21. The number of carbonyl (C=O) groups excluding carboxylic acids is 1. The smallest absolute Gasteiger partial charge is 0.227 e. The molecule has 2 rings (SSSR count). The first kappa shape index (κ1) is 15.7. The van der Waals surface area contributed by atoms with Gasteiger partial charge in [-0.05, 0) is 24.3 Å². The average Bonchev–Trinajstić information content (AvgIpc) is 3.15.